The molecule has 0 aromatic heterocycles. The van der Waals surface area contributed by atoms with Crippen molar-refractivity contribution in [3.63, 3.8) is 0 Å². The summed E-state index contributed by atoms with van der Waals surface area (Å²) < 4.78 is 0. The summed E-state index contributed by atoms with van der Waals surface area (Å²) in [7, 11) is -0.562. The number of carbonyl (C=O) groups is 1. The maximum atomic E-state index is 10.0. The van der Waals surface area contributed by atoms with Crippen LogP contribution in [0.1, 0.15) is 132 Å². The predicted octanol–water partition coefficient (Wildman–Crippen LogP) is 7.94. The molecule has 2 nitrogen and oxygen atoms in total. The topological polar surface area (TPSA) is 40.1 Å². The molecule has 0 bridgehead atoms. The van der Waals surface area contributed by atoms with Gasteiger partial charge in [0.15, 0.2) is 0 Å². The minimum atomic E-state index is -0.925. The van der Waals surface area contributed by atoms with Crippen molar-refractivity contribution in [1.82, 2.24) is 0 Å². The molecular formula is C26H55O2P. The number of hydrogen-bond donors (Lipinski definition) is 0. The number of carbonyl (C=O) groups excluding carboxylic acids is 1. The first kappa shape index (κ1) is 31.1. The molecule has 0 atom stereocenters. The second kappa shape index (κ2) is 19.8. The van der Waals surface area contributed by atoms with Gasteiger partial charge in [-0.2, -0.15) is 0 Å². The van der Waals surface area contributed by atoms with Crippen LogP contribution in [0, 0.1) is 5.41 Å². The lowest BCUT2D eigenvalue weighted by atomic mass is 9.89. The van der Waals surface area contributed by atoms with Crippen LogP contribution in [0.25, 0.3) is 0 Å². The largest absolute Gasteiger partial charge is 0.550 e. The van der Waals surface area contributed by atoms with E-state index in [1.54, 1.807) is 24.6 Å². The molecule has 0 fully saturated rings. The van der Waals surface area contributed by atoms with Gasteiger partial charge in [0, 0.05) is 13.2 Å². The molecular weight excluding hydrogens is 375 g/mol. The molecule has 0 unspecified atom stereocenters. The van der Waals surface area contributed by atoms with Gasteiger partial charge in [-0.25, -0.2) is 0 Å². The van der Waals surface area contributed by atoms with E-state index < -0.39 is 13.2 Å². The third-order valence-corrected chi connectivity index (χ3v) is 10.8. The van der Waals surface area contributed by atoms with Gasteiger partial charge in [0.1, 0.15) is 0 Å². The van der Waals surface area contributed by atoms with E-state index in [-0.39, 0.29) is 6.42 Å². The smallest absolute Gasteiger partial charge is 0.0594 e. The summed E-state index contributed by atoms with van der Waals surface area (Å²) in [5.74, 6) is -0.925. The molecule has 0 aliphatic heterocycles. The Kier molecular flexibility index (Phi) is 21.3. The highest BCUT2D eigenvalue weighted by Crippen LogP contribution is 2.61. The quantitative estimate of drug-likeness (QED) is 0.173. The summed E-state index contributed by atoms with van der Waals surface area (Å²) in [6.45, 7) is 16.0. The normalized spacial score (nSPS) is 11.8. The van der Waals surface area contributed by atoms with Crippen molar-refractivity contribution >= 4 is 13.2 Å². The molecule has 0 saturated carbocycles. The van der Waals surface area contributed by atoms with Crippen molar-refractivity contribution in [1.29, 1.82) is 0 Å². The van der Waals surface area contributed by atoms with Crippen LogP contribution in [0.2, 0.25) is 0 Å². The van der Waals surface area contributed by atoms with Gasteiger partial charge in [0.05, 0.1) is 24.6 Å². The van der Waals surface area contributed by atoms with Crippen molar-refractivity contribution in [2.75, 3.05) is 24.6 Å². The first-order valence-electron chi connectivity index (χ1n) is 12.7. The first-order chi connectivity index (χ1) is 13.7. The third-order valence-electron chi connectivity index (χ3n) is 5.75. The molecule has 0 rings (SSSR count). The Bertz CT molecular complexity index is 323. The Hall–Kier alpha value is -0.100. The van der Waals surface area contributed by atoms with E-state index in [0.29, 0.717) is 5.41 Å². The average molecular weight is 431 g/mol. The molecule has 0 aromatic rings. The zero-order chi connectivity index (χ0) is 22.6. The number of rotatable bonds is 17. The van der Waals surface area contributed by atoms with Gasteiger partial charge in [0.2, 0.25) is 0 Å². The third kappa shape index (κ3) is 22.4. The molecule has 0 N–H and O–H groups in total. The van der Waals surface area contributed by atoms with E-state index in [1.165, 1.54) is 57.8 Å². The van der Waals surface area contributed by atoms with Crippen molar-refractivity contribution in [3.05, 3.63) is 0 Å². The number of unbranched alkanes of at least 4 members (excludes halogenated alkanes) is 6. The van der Waals surface area contributed by atoms with Crippen LogP contribution in [0.5, 0.6) is 0 Å². The Morgan fingerprint density at radius 2 is 1.03 bits per heavy atom. The highest BCUT2D eigenvalue weighted by Gasteiger charge is 2.34. The van der Waals surface area contributed by atoms with Gasteiger partial charge in [0.25, 0.3) is 0 Å². The predicted molar refractivity (Wildman–Crippen MR) is 134 cm³/mol. The van der Waals surface area contributed by atoms with Gasteiger partial charge in [-0.1, -0.05) is 87.0 Å². The summed E-state index contributed by atoms with van der Waals surface area (Å²) in [5, 5.41) is 10.0. The minimum Gasteiger partial charge on any atom is -0.550 e. The molecule has 0 aromatic carbocycles. The maximum absolute atomic E-state index is 10.0. The van der Waals surface area contributed by atoms with E-state index in [9.17, 15) is 9.90 Å². The van der Waals surface area contributed by atoms with Crippen LogP contribution in [0.15, 0.2) is 0 Å². The molecule has 29 heavy (non-hydrogen) atoms. The fourth-order valence-corrected chi connectivity index (χ4v) is 9.04. The van der Waals surface area contributed by atoms with Gasteiger partial charge in [-0.05, 0) is 50.4 Å². The summed E-state index contributed by atoms with van der Waals surface area (Å²) in [6, 6.07) is 0. The minimum absolute atomic E-state index is 0.212. The van der Waals surface area contributed by atoms with Crippen LogP contribution < -0.4 is 5.11 Å². The lowest BCUT2D eigenvalue weighted by Gasteiger charge is -2.28. The lowest BCUT2D eigenvalue weighted by molar-refractivity contribution is -0.305. The molecule has 0 saturated heterocycles. The van der Waals surface area contributed by atoms with E-state index in [1.807, 2.05) is 0 Å². The average Bonchev–Trinajstić information content (AvgIpc) is 2.66. The number of carboxylic acid groups (broad SMARTS) is 1. The first-order valence-corrected chi connectivity index (χ1v) is 15.2. The fourth-order valence-electron chi connectivity index (χ4n) is 3.75. The fraction of sp³-hybridized carbons (Fsp3) is 0.962. The highest BCUT2D eigenvalue weighted by molar-refractivity contribution is 7.75. The molecule has 0 spiro atoms. The Labute approximate surface area is 185 Å². The summed E-state index contributed by atoms with van der Waals surface area (Å²) in [5.41, 5.74) is 0.376. The van der Waals surface area contributed by atoms with Crippen LogP contribution in [0.3, 0.4) is 0 Å². The molecule has 0 amide bonds. The Balaban J connectivity index is 0. The van der Waals surface area contributed by atoms with Crippen LogP contribution in [-0.2, 0) is 4.79 Å². The number of carboxylic acids is 1. The molecule has 0 aliphatic rings. The van der Waals surface area contributed by atoms with E-state index in [0.717, 1.165) is 19.3 Å². The SMILES string of the molecule is CC(C)(C)CCCCCC(=O)[O-].CCCC[P+](CCCC)(CCCC)CCCC. The Morgan fingerprint density at radius 1 is 0.655 bits per heavy atom. The second-order valence-electron chi connectivity index (χ2n) is 10.1. The highest BCUT2D eigenvalue weighted by atomic mass is 31.2. The van der Waals surface area contributed by atoms with E-state index in [2.05, 4.69) is 48.5 Å². The van der Waals surface area contributed by atoms with Gasteiger partial charge in [-0.15, -0.1) is 0 Å². The Morgan fingerprint density at radius 3 is 1.31 bits per heavy atom. The second-order valence-corrected chi connectivity index (χ2v) is 14.6. The van der Waals surface area contributed by atoms with Crippen LogP contribution in [0.4, 0.5) is 0 Å². The van der Waals surface area contributed by atoms with Gasteiger partial charge < -0.3 is 9.90 Å². The molecule has 176 valence electrons. The monoisotopic (exact) mass is 430 g/mol. The van der Waals surface area contributed by atoms with Crippen molar-refractivity contribution in [2.45, 2.75) is 132 Å². The zero-order valence-electron chi connectivity index (χ0n) is 21.3. The van der Waals surface area contributed by atoms with Crippen LogP contribution in [-0.4, -0.2) is 30.6 Å². The summed E-state index contributed by atoms with van der Waals surface area (Å²) in [6.07, 6.45) is 22.2. The maximum Gasteiger partial charge on any atom is 0.0594 e. The number of hydrogen-bond acceptors (Lipinski definition) is 2. The van der Waals surface area contributed by atoms with Crippen molar-refractivity contribution in [2.24, 2.45) is 5.41 Å². The number of aliphatic carboxylic acids is 1. The van der Waals surface area contributed by atoms with Crippen molar-refractivity contribution in [3.8, 4) is 0 Å². The lowest BCUT2D eigenvalue weighted by Crippen LogP contribution is -2.21. The molecule has 0 aliphatic carbocycles. The molecule has 0 heterocycles. The van der Waals surface area contributed by atoms with Crippen LogP contribution >= 0.6 is 7.26 Å². The summed E-state index contributed by atoms with van der Waals surface area (Å²) in [4.78, 5) is 10.0. The summed E-state index contributed by atoms with van der Waals surface area (Å²) >= 11 is 0. The zero-order valence-corrected chi connectivity index (χ0v) is 22.2. The van der Waals surface area contributed by atoms with E-state index in [4.69, 9.17) is 0 Å². The van der Waals surface area contributed by atoms with Gasteiger partial charge in [-0.3, -0.25) is 0 Å². The standard InChI is InChI=1S/C16H36P.C10H20O2/c1-5-9-13-17(14-10-6-2,15-11-7-3)16-12-8-4;1-10(2,3)8-6-4-5-7-9(11)12/h5-16H2,1-4H3;4-8H2,1-3H3,(H,11,12)/q+1;/p-1. The van der Waals surface area contributed by atoms with Gasteiger partial charge >= 0.3 is 0 Å². The molecule has 0 radical (unpaired) electrons. The van der Waals surface area contributed by atoms with E-state index >= 15 is 0 Å². The molecule has 3 heteroatoms. The van der Waals surface area contributed by atoms with Crippen molar-refractivity contribution < 1.29 is 9.90 Å².